The lowest BCUT2D eigenvalue weighted by Crippen LogP contribution is -2.01. The Morgan fingerprint density at radius 3 is 2.70 bits per heavy atom. The second-order valence-electron chi connectivity index (χ2n) is 1.83. The minimum atomic E-state index is 0.687. The molecule has 10 heavy (non-hydrogen) atoms. The summed E-state index contributed by atoms with van der Waals surface area (Å²) < 4.78 is 0. The van der Waals surface area contributed by atoms with E-state index in [9.17, 15) is 0 Å². The third-order valence-corrected chi connectivity index (χ3v) is 2.92. The highest BCUT2D eigenvalue weighted by molar-refractivity contribution is 8.02. The summed E-state index contributed by atoms with van der Waals surface area (Å²) in [5, 5.41) is 0. The molecular weight excluding hydrogens is 166 g/mol. The Hall–Kier alpha value is 0.620. The highest BCUT2D eigenvalue weighted by atomic mass is 32.2. The molecule has 0 aliphatic rings. The highest BCUT2D eigenvalue weighted by Gasteiger charge is 1.88. The van der Waals surface area contributed by atoms with Gasteiger partial charge in [0, 0.05) is 11.5 Å². The van der Waals surface area contributed by atoms with Crippen molar-refractivity contribution < 1.29 is 4.84 Å². The van der Waals surface area contributed by atoms with Gasteiger partial charge in [0.25, 0.3) is 0 Å². The van der Waals surface area contributed by atoms with E-state index >= 15 is 0 Å². The van der Waals surface area contributed by atoms with Gasteiger partial charge in [-0.2, -0.15) is 23.5 Å². The van der Waals surface area contributed by atoms with Gasteiger partial charge >= 0.3 is 0 Å². The van der Waals surface area contributed by atoms with Gasteiger partial charge in [0.05, 0.1) is 6.61 Å². The average Bonchev–Trinajstić information content (AvgIpc) is 1.97. The predicted octanol–water partition coefficient (Wildman–Crippen LogP) is 1.36. The van der Waals surface area contributed by atoms with Crippen molar-refractivity contribution in [1.29, 1.82) is 0 Å². The molecule has 0 aromatic rings. The predicted molar refractivity (Wildman–Crippen MR) is 50.5 cm³/mol. The summed E-state index contributed by atoms with van der Waals surface area (Å²) >= 11 is 3.85. The quantitative estimate of drug-likeness (QED) is 0.475. The number of hydrogen-bond donors (Lipinski definition) is 1. The first-order valence-corrected chi connectivity index (χ1v) is 5.85. The fourth-order valence-corrected chi connectivity index (χ4v) is 2.15. The first kappa shape index (κ1) is 10.6. The van der Waals surface area contributed by atoms with Gasteiger partial charge in [-0.3, -0.25) is 0 Å². The Bertz CT molecular complexity index is 55.7. The van der Waals surface area contributed by atoms with Crippen molar-refractivity contribution in [2.24, 2.45) is 5.90 Å². The molecule has 0 rings (SSSR count). The molecule has 0 bridgehead atoms. The summed E-state index contributed by atoms with van der Waals surface area (Å²) in [7, 11) is 0. The molecule has 0 atom stereocenters. The summed E-state index contributed by atoms with van der Waals surface area (Å²) in [6.07, 6.45) is 3.19. The van der Waals surface area contributed by atoms with Crippen LogP contribution in [-0.2, 0) is 4.84 Å². The van der Waals surface area contributed by atoms with Crippen molar-refractivity contribution in [3.63, 3.8) is 0 Å². The Balaban J connectivity index is 2.65. The molecule has 0 amide bonds. The maximum atomic E-state index is 4.86. The van der Waals surface area contributed by atoms with E-state index in [0.29, 0.717) is 6.61 Å². The molecule has 0 unspecified atom stereocenters. The first-order chi connectivity index (χ1) is 4.91. The van der Waals surface area contributed by atoms with E-state index in [2.05, 4.69) is 11.1 Å². The van der Waals surface area contributed by atoms with E-state index in [1.165, 1.54) is 11.5 Å². The first-order valence-electron chi connectivity index (χ1n) is 3.30. The molecule has 0 aromatic carbocycles. The molecule has 0 aliphatic heterocycles. The van der Waals surface area contributed by atoms with Crippen LogP contribution in [0.4, 0.5) is 0 Å². The monoisotopic (exact) mass is 181 g/mol. The van der Waals surface area contributed by atoms with E-state index in [0.717, 1.165) is 12.2 Å². The van der Waals surface area contributed by atoms with Crippen molar-refractivity contribution in [1.82, 2.24) is 0 Å². The maximum Gasteiger partial charge on any atom is 0.0687 e. The molecule has 4 heteroatoms. The third-order valence-electron chi connectivity index (χ3n) is 0.983. The normalized spacial score (nSPS) is 10.2. The van der Waals surface area contributed by atoms with Gasteiger partial charge in [0.15, 0.2) is 0 Å². The zero-order chi connectivity index (χ0) is 7.66. The number of rotatable bonds is 7. The van der Waals surface area contributed by atoms with E-state index in [1.807, 2.05) is 23.5 Å². The van der Waals surface area contributed by atoms with Crippen LogP contribution in [0, 0.1) is 0 Å². The van der Waals surface area contributed by atoms with Crippen LogP contribution in [0.25, 0.3) is 0 Å². The molecular formula is C6H15NOS2. The van der Waals surface area contributed by atoms with Crippen LogP contribution in [0.3, 0.4) is 0 Å². The van der Waals surface area contributed by atoms with E-state index < -0.39 is 0 Å². The van der Waals surface area contributed by atoms with Gasteiger partial charge in [-0.1, -0.05) is 0 Å². The molecule has 0 aromatic heterocycles. The SMILES string of the molecule is CSCCSCCCON. The third kappa shape index (κ3) is 8.62. The maximum absolute atomic E-state index is 4.86. The van der Waals surface area contributed by atoms with E-state index in [-0.39, 0.29) is 0 Å². The minimum absolute atomic E-state index is 0.687. The smallest absolute Gasteiger partial charge is 0.0687 e. The summed E-state index contributed by atoms with van der Waals surface area (Å²) in [5.41, 5.74) is 0. The van der Waals surface area contributed by atoms with Crippen LogP contribution < -0.4 is 5.90 Å². The summed E-state index contributed by atoms with van der Waals surface area (Å²) in [5.74, 6) is 8.51. The molecule has 0 radical (unpaired) electrons. The van der Waals surface area contributed by atoms with Gasteiger partial charge in [-0.05, 0) is 18.4 Å². The van der Waals surface area contributed by atoms with Crippen molar-refractivity contribution in [3.05, 3.63) is 0 Å². The van der Waals surface area contributed by atoms with Crippen molar-refractivity contribution in [3.8, 4) is 0 Å². The van der Waals surface area contributed by atoms with Crippen LogP contribution >= 0.6 is 23.5 Å². The molecule has 0 fully saturated rings. The zero-order valence-corrected chi connectivity index (χ0v) is 7.97. The molecule has 2 nitrogen and oxygen atoms in total. The second kappa shape index (κ2) is 9.62. The molecule has 0 heterocycles. The Morgan fingerprint density at radius 2 is 2.10 bits per heavy atom. The van der Waals surface area contributed by atoms with Gasteiger partial charge in [0.1, 0.15) is 0 Å². The molecule has 2 N–H and O–H groups in total. The van der Waals surface area contributed by atoms with Gasteiger partial charge in [-0.25, -0.2) is 5.90 Å². The largest absolute Gasteiger partial charge is 0.305 e. The fraction of sp³-hybridized carbons (Fsp3) is 1.00. The average molecular weight is 181 g/mol. The number of nitrogens with two attached hydrogens (primary N) is 1. The van der Waals surface area contributed by atoms with E-state index in [1.54, 1.807) is 0 Å². The number of thioether (sulfide) groups is 2. The van der Waals surface area contributed by atoms with Gasteiger partial charge < -0.3 is 4.84 Å². The zero-order valence-electron chi connectivity index (χ0n) is 6.34. The molecule has 0 saturated heterocycles. The Labute approximate surface area is 71.2 Å². The van der Waals surface area contributed by atoms with Crippen molar-refractivity contribution in [2.45, 2.75) is 6.42 Å². The Morgan fingerprint density at radius 1 is 1.30 bits per heavy atom. The lowest BCUT2D eigenvalue weighted by Gasteiger charge is -1.98. The molecule has 0 aliphatic carbocycles. The van der Waals surface area contributed by atoms with Crippen molar-refractivity contribution >= 4 is 23.5 Å². The highest BCUT2D eigenvalue weighted by Crippen LogP contribution is 2.04. The molecule has 0 saturated carbocycles. The molecule has 0 spiro atoms. The Kier molecular flexibility index (Phi) is 10.2. The minimum Gasteiger partial charge on any atom is -0.305 e. The summed E-state index contributed by atoms with van der Waals surface area (Å²) in [6, 6.07) is 0. The topological polar surface area (TPSA) is 35.2 Å². The lowest BCUT2D eigenvalue weighted by molar-refractivity contribution is 0.139. The second-order valence-corrected chi connectivity index (χ2v) is 4.04. The van der Waals surface area contributed by atoms with E-state index in [4.69, 9.17) is 5.90 Å². The lowest BCUT2D eigenvalue weighted by atomic mass is 10.5. The van der Waals surface area contributed by atoms with Gasteiger partial charge in [0.2, 0.25) is 0 Å². The van der Waals surface area contributed by atoms with Crippen molar-refractivity contribution in [2.75, 3.05) is 30.1 Å². The standard InChI is InChI=1S/C6H15NOS2/c1-9-5-6-10-4-2-3-8-7/h2-7H2,1H3. The summed E-state index contributed by atoms with van der Waals surface area (Å²) in [6.45, 7) is 0.687. The van der Waals surface area contributed by atoms with Crippen LogP contribution in [0.5, 0.6) is 0 Å². The van der Waals surface area contributed by atoms with Gasteiger partial charge in [-0.15, -0.1) is 0 Å². The van der Waals surface area contributed by atoms with Crippen LogP contribution in [0.2, 0.25) is 0 Å². The number of hydrogen-bond acceptors (Lipinski definition) is 4. The van der Waals surface area contributed by atoms with Crippen LogP contribution in [-0.4, -0.2) is 30.1 Å². The molecule has 62 valence electrons. The fourth-order valence-electron chi connectivity index (χ4n) is 0.489. The van der Waals surface area contributed by atoms with Crippen LogP contribution in [0.1, 0.15) is 6.42 Å². The summed E-state index contributed by atoms with van der Waals surface area (Å²) in [4.78, 5) is 4.43. The van der Waals surface area contributed by atoms with Crippen LogP contribution in [0.15, 0.2) is 0 Å².